The lowest BCUT2D eigenvalue weighted by molar-refractivity contribution is 0.993. The minimum absolute atomic E-state index is 0.693. The fraction of sp³-hybridized carbons (Fsp3) is 0. The SMILES string of the molecule is c1ccc(-c2nc(-n3c4c(c5cc6ccccc6cc53)-c3cccc5cccc-4c35)nc3ccccc23)cc1. The number of hydrogen-bond donors (Lipinski definition) is 0. The van der Waals surface area contributed by atoms with E-state index in [1.165, 1.54) is 49.3 Å². The number of para-hydroxylation sites is 1. The van der Waals surface area contributed by atoms with Crippen LogP contribution in [0.5, 0.6) is 0 Å². The van der Waals surface area contributed by atoms with Gasteiger partial charge in [-0.2, -0.15) is 0 Å². The van der Waals surface area contributed by atoms with E-state index in [0.717, 1.165) is 27.7 Å². The molecule has 0 radical (unpaired) electrons. The average Bonchev–Trinajstić information content (AvgIpc) is 3.50. The van der Waals surface area contributed by atoms with Gasteiger partial charge in [0.05, 0.1) is 22.4 Å². The molecule has 0 saturated carbocycles. The fourth-order valence-electron chi connectivity index (χ4n) is 6.44. The van der Waals surface area contributed by atoms with Crippen molar-refractivity contribution in [2.75, 3.05) is 0 Å². The van der Waals surface area contributed by atoms with E-state index in [-0.39, 0.29) is 0 Å². The molecular weight excluding hydrogens is 474 g/mol. The molecule has 8 aromatic rings. The van der Waals surface area contributed by atoms with Gasteiger partial charge in [0.1, 0.15) is 0 Å². The molecule has 6 aromatic carbocycles. The number of aromatic nitrogens is 3. The van der Waals surface area contributed by atoms with E-state index in [2.05, 4.69) is 126 Å². The van der Waals surface area contributed by atoms with E-state index in [0.29, 0.717) is 5.95 Å². The number of fused-ring (bicyclic) bond motifs is 7. The summed E-state index contributed by atoms with van der Waals surface area (Å²) in [5.74, 6) is 0.693. The summed E-state index contributed by atoms with van der Waals surface area (Å²) in [6.07, 6.45) is 0. The third-order valence-electron chi connectivity index (χ3n) is 8.10. The molecule has 0 fully saturated rings. The molecule has 0 atom stereocenters. The third-order valence-corrected chi connectivity index (χ3v) is 8.10. The van der Waals surface area contributed by atoms with Crippen molar-refractivity contribution in [3.63, 3.8) is 0 Å². The van der Waals surface area contributed by atoms with Crippen LogP contribution in [-0.4, -0.2) is 14.5 Å². The van der Waals surface area contributed by atoms with Crippen LogP contribution in [0, 0.1) is 0 Å². The van der Waals surface area contributed by atoms with Crippen LogP contribution in [-0.2, 0) is 0 Å². The molecule has 1 aliphatic carbocycles. The van der Waals surface area contributed by atoms with Gasteiger partial charge in [-0.05, 0) is 45.3 Å². The van der Waals surface area contributed by atoms with Gasteiger partial charge >= 0.3 is 0 Å². The Kier molecular flexibility index (Phi) is 4.05. The van der Waals surface area contributed by atoms with Gasteiger partial charge in [0, 0.05) is 27.5 Å². The highest BCUT2D eigenvalue weighted by Gasteiger charge is 2.30. The predicted molar refractivity (Wildman–Crippen MR) is 161 cm³/mol. The molecule has 0 N–H and O–H groups in total. The van der Waals surface area contributed by atoms with Gasteiger partial charge in [-0.1, -0.05) is 109 Å². The third kappa shape index (κ3) is 2.82. The second-order valence-corrected chi connectivity index (χ2v) is 10.2. The molecule has 1 aliphatic rings. The van der Waals surface area contributed by atoms with Crippen molar-refractivity contribution in [3.8, 4) is 39.6 Å². The highest BCUT2D eigenvalue weighted by atomic mass is 15.2. The summed E-state index contributed by atoms with van der Waals surface area (Å²) >= 11 is 0. The molecule has 3 heteroatoms. The van der Waals surface area contributed by atoms with Gasteiger partial charge < -0.3 is 0 Å². The Hall–Kier alpha value is -5.28. The Morgan fingerprint density at radius 3 is 2.05 bits per heavy atom. The van der Waals surface area contributed by atoms with Crippen LogP contribution in [0.1, 0.15) is 0 Å². The topological polar surface area (TPSA) is 30.7 Å². The Morgan fingerprint density at radius 1 is 0.513 bits per heavy atom. The second kappa shape index (κ2) is 7.62. The summed E-state index contributed by atoms with van der Waals surface area (Å²) < 4.78 is 2.30. The Bertz CT molecular complexity index is 2270. The minimum atomic E-state index is 0.693. The van der Waals surface area contributed by atoms with Crippen LogP contribution >= 0.6 is 0 Å². The summed E-state index contributed by atoms with van der Waals surface area (Å²) in [7, 11) is 0. The van der Waals surface area contributed by atoms with Crippen LogP contribution in [0.25, 0.3) is 82.9 Å². The zero-order valence-electron chi connectivity index (χ0n) is 21.0. The van der Waals surface area contributed by atoms with Crippen LogP contribution in [0.2, 0.25) is 0 Å². The van der Waals surface area contributed by atoms with Crippen LogP contribution in [0.3, 0.4) is 0 Å². The predicted octanol–water partition coefficient (Wildman–Crippen LogP) is 9.19. The Balaban J connectivity index is 1.47. The lowest BCUT2D eigenvalue weighted by Gasteiger charge is -2.14. The quantitative estimate of drug-likeness (QED) is 0.239. The van der Waals surface area contributed by atoms with Crippen molar-refractivity contribution in [3.05, 3.63) is 127 Å². The lowest BCUT2D eigenvalue weighted by atomic mass is 10.00. The monoisotopic (exact) mass is 495 g/mol. The molecule has 0 amide bonds. The van der Waals surface area contributed by atoms with E-state index in [4.69, 9.17) is 9.97 Å². The number of rotatable bonds is 2. The molecule has 0 spiro atoms. The van der Waals surface area contributed by atoms with E-state index in [1.807, 2.05) is 6.07 Å². The van der Waals surface area contributed by atoms with Crippen LogP contribution < -0.4 is 0 Å². The summed E-state index contributed by atoms with van der Waals surface area (Å²) in [5, 5.41) is 7.28. The highest BCUT2D eigenvalue weighted by molar-refractivity contribution is 6.23. The van der Waals surface area contributed by atoms with Gasteiger partial charge in [0.15, 0.2) is 0 Å². The van der Waals surface area contributed by atoms with Gasteiger partial charge in [-0.15, -0.1) is 0 Å². The number of nitrogens with zero attached hydrogens (tertiary/aromatic N) is 3. The zero-order valence-corrected chi connectivity index (χ0v) is 21.0. The first-order valence-corrected chi connectivity index (χ1v) is 13.3. The maximum Gasteiger partial charge on any atom is 0.235 e. The van der Waals surface area contributed by atoms with Gasteiger partial charge in [0.2, 0.25) is 5.95 Å². The summed E-state index contributed by atoms with van der Waals surface area (Å²) in [4.78, 5) is 10.5. The first-order chi connectivity index (χ1) is 19.3. The molecule has 0 saturated heterocycles. The Morgan fingerprint density at radius 2 is 1.21 bits per heavy atom. The maximum atomic E-state index is 5.30. The molecule has 2 aromatic heterocycles. The smallest absolute Gasteiger partial charge is 0.235 e. The van der Waals surface area contributed by atoms with Crippen molar-refractivity contribution in [1.29, 1.82) is 0 Å². The summed E-state index contributed by atoms with van der Waals surface area (Å²) in [6.45, 7) is 0. The summed E-state index contributed by atoms with van der Waals surface area (Å²) in [5.41, 5.74) is 9.04. The van der Waals surface area contributed by atoms with E-state index in [1.54, 1.807) is 0 Å². The maximum absolute atomic E-state index is 5.30. The number of benzene rings is 6. The minimum Gasteiger partial charge on any atom is -0.277 e. The van der Waals surface area contributed by atoms with Gasteiger partial charge in [-0.25, -0.2) is 9.97 Å². The van der Waals surface area contributed by atoms with E-state index < -0.39 is 0 Å². The van der Waals surface area contributed by atoms with Crippen molar-refractivity contribution in [1.82, 2.24) is 14.5 Å². The van der Waals surface area contributed by atoms with Crippen molar-refractivity contribution >= 4 is 43.4 Å². The lowest BCUT2D eigenvalue weighted by Crippen LogP contribution is -2.05. The van der Waals surface area contributed by atoms with E-state index in [9.17, 15) is 0 Å². The Labute approximate surface area is 224 Å². The second-order valence-electron chi connectivity index (χ2n) is 10.2. The summed E-state index contributed by atoms with van der Waals surface area (Å²) in [6, 6.07) is 45.2. The molecule has 180 valence electrons. The fourth-order valence-corrected chi connectivity index (χ4v) is 6.44. The molecule has 2 heterocycles. The first-order valence-electron chi connectivity index (χ1n) is 13.3. The molecular formula is C36H21N3. The normalized spacial score (nSPS) is 12.1. The van der Waals surface area contributed by atoms with Crippen LogP contribution in [0.4, 0.5) is 0 Å². The van der Waals surface area contributed by atoms with Crippen molar-refractivity contribution in [2.24, 2.45) is 0 Å². The molecule has 3 nitrogen and oxygen atoms in total. The zero-order chi connectivity index (χ0) is 25.5. The number of hydrogen-bond acceptors (Lipinski definition) is 2. The molecule has 39 heavy (non-hydrogen) atoms. The van der Waals surface area contributed by atoms with Crippen molar-refractivity contribution < 1.29 is 0 Å². The standard InChI is InChI=1S/C36H21N3/c1-2-10-23(11-3-1)34-26-16-6-7-19-30(26)37-36(38-34)39-31-21-25-13-5-4-12-24(25)20-29(31)33-27-17-8-14-22-15-9-18-28(32(22)27)35(33)39/h1-21H. The van der Waals surface area contributed by atoms with Crippen LogP contribution in [0.15, 0.2) is 127 Å². The van der Waals surface area contributed by atoms with Gasteiger partial charge in [0.25, 0.3) is 0 Å². The van der Waals surface area contributed by atoms with E-state index >= 15 is 0 Å². The van der Waals surface area contributed by atoms with Gasteiger partial charge in [-0.3, -0.25) is 4.57 Å². The highest BCUT2D eigenvalue weighted by Crippen LogP contribution is 2.53. The van der Waals surface area contributed by atoms with Crippen molar-refractivity contribution in [2.45, 2.75) is 0 Å². The largest absolute Gasteiger partial charge is 0.277 e. The molecule has 9 rings (SSSR count). The molecule has 0 bridgehead atoms. The molecule has 0 unspecified atom stereocenters. The first kappa shape index (κ1) is 20.7. The molecule has 0 aliphatic heterocycles. The average molecular weight is 496 g/mol.